The molecule has 1 N–H and O–H groups in total. The van der Waals surface area contributed by atoms with Crippen molar-refractivity contribution in [2.45, 2.75) is 50.3 Å². The number of rotatable bonds is 5. The summed E-state index contributed by atoms with van der Waals surface area (Å²) in [6.07, 6.45) is 6.89. The molecule has 2 aliphatic rings. The lowest BCUT2D eigenvalue weighted by Gasteiger charge is -2.33. The molecule has 2 rings (SSSR count). The Kier molecular flexibility index (Phi) is 5.46. The minimum atomic E-state index is 0.799. The number of hydrogen-bond acceptors (Lipinski definition) is 3. The first-order valence-electron chi connectivity index (χ1n) is 6.96. The van der Waals surface area contributed by atoms with Gasteiger partial charge in [-0.15, -0.1) is 0 Å². The van der Waals surface area contributed by atoms with Crippen LogP contribution in [-0.4, -0.2) is 48.1 Å². The predicted molar refractivity (Wildman–Crippen MR) is 73.2 cm³/mol. The summed E-state index contributed by atoms with van der Waals surface area (Å²) in [6, 6.07) is 0.799. The van der Waals surface area contributed by atoms with Crippen LogP contribution in [0, 0.1) is 0 Å². The van der Waals surface area contributed by atoms with Crippen molar-refractivity contribution in [1.82, 2.24) is 10.2 Å². The second kappa shape index (κ2) is 6.87. The molecule has 0 radical (unpaired) electrons. The van der Waals surface area contributed by atoms with E-state index in [2.05, 4.69) is 28.9 Å². The normalized spacial score (nSPS) is 28.7. The molecule has 0 aromatic carbocycles. The fourth-order valence-corrected chi connectivity index (χ4v) is 4.06. The van der Waals surface area contributed by atoms with Gasteiger partial charge in [-0.1, -0.05) is 6.92 Å². The summed E-state index contributed by atoms with van der Waals surface area (Å²) >= 11 is 2.19. The third kappa shape index (κ3) is 3.94. The van der Waals surface area contributed by atoms with Crippen LogP contribution in [0.4, 0.5) is 0 Å². The molecule has 94 valence electrons. The number of piperidine rings is 1. The van der Waals surface area contributed by atoms with Gasteiger partial charge in [-0.05, 0) is 57.5 Å². The molecule has 0 spiro atoms. The van der Waals surface area contributed by atoms with Crippen molar-refractivity contribution in [3.63, 3.8) is 0 Å². The summed E-state index contributed by atoms with van der Waals surface area (Å²) in [5, 5.41) is 4.60. The molecule has 1 unspecified atom stereocenters. The van der Waals surface area contributed by atoms with E-state index in [0.29, 0.717) is 0 Å². The van der Waals surface area contributed by atoms with Crippen molar-refractivity contribution in [1.29, 1.82) is 0 Å². The minimum Gasteiger partial charge on any atom is -0.314 e. The molecule has 0 amide bonds. The number of hydrogen-bond donors (Lipinski definition) is 1. The van der Waals surface area contributed by atoms with Gasteiger partial charge in [-0.2, -0.15) is 11.8 Å². The molecule has 2 fully saturated rings. The lowest BCUT2D eigenvalue weighted by Crippen LogP contribution is -2.44. The van der Waals surface area contributed by atoms with Gasteiger partial charge in [-0.3, -0.25) is 0 Å². The van der Waals surface area contributed by atoms with E-state index in [1.54, 1.807) is 0 Å². The first-order valence-corrected chi connectivity index (χ1v) is 8.00. The third-order valence-corrected chi connectivity index (χ3v) is 5.14. The quantitative estimate of drug-likeness (QED) is 0.797. The van der Waals surface area contributed by atoms with E-state index in [-0.39, 0.29) is 0 Å². The van der Waals surface area contributed by atoms with Crippen LogP contribution in [0.1, 0.15) is 39.0 Å². The minimum absolute atomic E-state index is 0.799. The van der Waals surface area contributed by atoms with E-state index in [0.717, 1.165) is 11.3 Å². The van der Waals surface area contributed by atoms with Crippen LogP contribution in [0.15, 0.2) is 0 Å². The van der Waals surface area contributed by atoms with Crippen molar-refractivity contribution in [3.05, 3.63) is 0 Å². The fraction of sp³-hybridized carbons (Fsp3) is 1.00. The molecular weight excluding hydrogens is 216 g/mol. The molecule has 2 saturated heterocycles. The Morgan fingerprint density at radius 1 is 1.25 bits per heavy atom. The van der Waals surface area contributed by atoms with E-state index >= 15 is 0 Å². The zero-order chi connectivity index (χ0) is 11.2. The number of thioether (sulfide) groups is 1. The standard InChI is InChI=1S/C13H26N2S/c1-2-7-14-12-5-8-15(9-6-12)11-13-4-3-10-16-13/h12-14H,2-11H2,1H3. The Morgan fingerprint density at radius 3 is 2.69 bits per heavy atom. The van der Waals surface area contributed by atoms with Gasteiger partial charge >= 0.3 is 0 Å². The molecule has 2 heterocycles. The van der Waals surface area contributed by atoms with Gasteiger partial charge in [0.25, 0.3) is 0 Å². The van der Waals surface area contributed by atoms with Crippen LogP contribution in [-0.2, 0) is 0 Å². The van der Waals surface area contributed by atoms with Gasteiger partial charge in [0.05, 0.1) is 0 Å². The highest BCUT2D eigenvalue weighted by Gasteiger charge is 2.23. The smallest absolute Gasteiger partial charge is 0.0175 e. The number of nitrogens with one attached hydrogen (secondary N) is 1. The van der Waals surface area contributed by atoms with Gasteiger partial charge in [0.2, 0.25) is 0 Å². The van der Waals surface area contributed by atoms with Crippen LogP contribution in [0.2, 0.25) is 0 Å². The molecule has 0 aliphatic carbocycles. The zero-order valence-electron chi connectivity index (χ0n) is 10.6. The molecule has 2 nitrogen and oxygen atoms in total. The van der Waals surface area contributed by atoms with Crippen LogP contribution in [0.25, 0.3) is 0 Å². The van der Waals surface area contributed by atoms with E-state index in [4.69, 9.17) is 0 Å². The SMILES string of the molecule is CCCNC1CCN(CC2CCCS2)CC1. The van der Waals surface area contributed by atoms with Crippen molar-refractivity contribution in [2.75, 3.05) is 31.9 Å². The molecule has 0 saturated carbocycles. The summed E-state index contributed by atoms with van der Waals surface area (Å²) in [7, 11) is 0. The summed E-state index contributed by atoms with van der Waals surface area (Å²) in [6.45, 7) is 7.44. The fourth-order valence-electron chi connectivity index (χ4n) is 2.74. The van der Waals surface area contributed by atoms with E-state index in [1.165, 1.54) is 64.0 Å². The largest absolute Gasteiger partial charge is 0.314 e. The summed E-state index contributed by atoms with van der Waals surface area (Å²) in [5.41, 5.74) is 0. The molecule has 2 aliphatic heterocycles. The average Bonchev–Trinajstić information content (AvgIpc) is 2.81. The lowest BCUT2D eigenvalue weighted by atomic mass is 10.0. The summed E-state index contributed by atoms with van der Waals surface area (Å²) < 4.78 is 0. The molecule has 0 bridgehead atoms. The van der Waals surface area contributed by atoms with Gasteiger partial charge in [-0.25, -0.2) is 0 Å². The summed E-state index contributed by atoms with van der Waals surface area (Å²) in [5.74, 6) is 1.40. The Labute approximate surface area is 105 Å². The van der Waals surface area contributed by atoms with E-state index in [9.17, 15) is 0 Å². The molecule has 0 aromatic rings. The third-order valence-electron chi connectivity index (χ3n) is 3.76. The van der Waals surface area contributed by atoms with Crippen LogP contribution in [0.5, 0.6) is 0 Å². The molecule has 1 atom stereocenters. The van der Waals surface area contributed by atoms with Crippen molar-refractivity contribution in [2.24, 2.45) is 0 Å². The Bertz CT molecular complexity index is 184. The topological polar surface area (TPSA) is 15.3 Å². The number of likely N-dealkylation sites (tertiary alicyclic amines) is 1. The van der Waals surface area contributed by atoms with Gasteiger partial charge in [0.15, 0.2) is 0 Å². The first-order chi connectivity index (χ1) is 7.88. The predicted octanol–water partition coefficient (Wildman–Crippen LogP) is 2.35. The molecule has 3 heteroatoms. The maximum Gasteiger partial charge on any atom is 0.0175 e. The molecular formula is C13H26N2S. The van der Waals surface area contributed by atoms with E-state index in [1.807, 2.05) is 0 Å². The maximum atomic E-state index is 3.65. The Balaban J connectivity index is 1.60. The van der Waals surface area contributed by atoms with Gasteiger partial charge in [0.1, 0.15) is 0 Å². The zero-order valence-corrected chi connectivity index (χ0v) is 11.4. The van der Waals surface area contributed by atoms with Gasteiger partial charge < -0.3 is 10.2 Å². The van der Waals surface area contributed by atoms with Crippen LogP contribution in [0.3, 0.4) is 0 Å². The number of nitrogens with zero attached hydrogens (tertiary/aromatic N) is 1. The van der Waals surface area contributed by atoms with Crippen molar-refractivity contribution < 1.29 is 0 Å². The van der Waals surface area contributed by atoms with Crippen molar-refractivity contribution in [3.8, 4) is 0 Å². The molecule has 16 heavy (non-hydrogen) atoms. The van der Waals surface area contributed by atoms with Crippen molar-refractivity contribution >= 4 is 11.8 Å². The summed E-state index contributed by atoms with van der Waals surface area (Å²) in [4.78, 5) is 2.69. The van der Waals surface area contributed by atoms with E-state index < -0.39 is 0 Å². The molecule has 0 aromatic heterocycles. The van der Waals surface area contributed by atoms with Crippen LogP contribution < -0.4 is 5.32 Å². The van der Waals surface area contributed by atoms with Gasteiger partial charge in [0, 0.05) is 17.8 Å². The first kappa shape index (κ1) is 12.7. The Morgan fingerprint density at radius 2 is 2.06 bits per heavy atom. The average molecular weight is 242 g/mol. The second-order valence-corrected chi connectivity index (χ2v) is 6.57. The van der Waals surface area contributed by atoms with Crippen LogP contribution >= 0.6 is 11.8 Å². The maximum absolute atomic E-state index is 3.65. The lowest BCUT2D eigenvalue weighted by molar-refractivity contribution is 0.198. The highest BCUT2D eigenvalue weighted by molar-refractivity contribution is 8.00. The second-order valence-electron chi connectivity index (χ2n) is 5.16. The highest BCUT2D eigenvalue weighted by atomic mass is 32.2. The highest BCUT2D eigenvalue weighted by Crippen LogP contribution is 2.27. The monoisotopic (exact) mass is 242 g/mol. The Hall–Kier alpha value is 0.270.